The molecule has 0 spiro atoms. The van der Waals surface area contributed by atoms with E-state index in [0.717, 1.165) is 24.6 Å². The van der Waals surface area contributed by atoms with Crippen molar-refractivity contribution in [1.82, 2.24) is 0 Å². The number of fused-ring (bicyclic) bond motifs is 2. The van der Waals surface area contributed by atoms with Crippen LogP contribution in [-0.2, 0) is 0 Å². The molecule has 0 aromatic heterocycles. The zero-order chi connectivity index (χ0) is 17.2. The van der Waals surface area contributed by atoms with E-state index in [1.165, 1.54) is 22.4 Å². The Bertz CT molecular complexity index is 868. The molecule has 1 aliphatic heterocycles. The molecule has 1 heterocycles. The minimum atomic E-state index is 0.193. The van der Waals surface area contributed by atoms with Gasteiger partial charge in [-0.1, -0.05) is 54.6 Å². The van der Waals surface area contributed by atoms with Gasteiger partial charge in [-0.15, -0.1) is 0 Å². The van der Waals surface area contributed by atoms with E-state index in [1.807, 2.05) is 6.07 Å². The van der Waals surface area contributed by atoms with Crippen molar-refractivity contribution in [3.63, 3.8) is 0 Å². The van der Waals surface area contributed by atoms with Crippen molar-refractivity contribution < 1.29 is 4.74 Å². The number of rotatable bonds is 4. The average Bonchev–Trinajstić information content (AvgIpc) is 2.68. The fourth-order valence-corrected chi connectivity index (χ4v) is 3.83. The summed E-state index contributed by atoms with van der Waals surface area (Å²) in [5.41, 5.74) is 5.09. The zero-order valence-corrected chi connectivity index (χ0v) is 14.8. The molecule has 2 nitrogen and oxygen atoms in total. The number of benzene rings is 3. The third kappa shape index (κ3) is 2.68. The first-order valence-electron chi connectivity index (χ1n) is 9.03. The Morgan fingerprint density at radius 3 is 2.20 bits per heavy atom. The summed E-state index contributed by atoms with van der Waals surface area (Å²) in [6.45, 7) is 6.38. The maximum Gasteiger partial charge on any atom is 0.133 e. The summed E-state index contributed by atoms with van der Waals surface area (Å²) in [7, 11) is 0. The lowest BCUT2D eigenvalue weighted by Gasteiger charge is -2.34. The summed E-state index contributed by atoms with van der Waals surface area (Å²) in [6, 6.07) is 25.6. The van der Waals surface area contributed by atoms with Gasteiger partial charge in [-0.05, 0) is 37.6 Å². The third-order valence-corrected chi connectivity index (χ3v) is 5.02. The Kier molecular flexibility index (Phi) is 4.19. The second-order valence-electron chi connectivity index (χ2n) is 6.34. The number of anilines is 1. The van der Waals surface area contributed by atoms with Crippen LogP contribution in [0.4, 0.5) is 5.69 Å². The van der Waals surface area contributed by atoms with E-state index < -0.39 is 0 Å². The van der Waals surface area contributed by atoms with Gasteiger partial charge in [0.25, 0.3) is 0 Å². The van der Waals surface area contributed by atoms with Gasteiger partial charge in [0, 0.05) is 35.8 Å². The number of hydrogen-bond acceptors (Lipinski definition) is 2. The monoisotopic (exact) mass is 329 g/mol. The van der Waals surface area contributed by atoms with Gasteiger partial charge >= 0.3 is 0 Å². The van der Waals surface area contributed by atoms with Crippen LogP contribution in [0.2, 0.25) is 0 Å². The molecule has 0 radical (unpaired) electrons. The Hall–Kier alpha value is -2.74. The van der Waals surface area contributed by atoms with Gasteiger partial charge in [0.15, 0.2) is 0 Å². The first kappa shape index (κ1) is 15.8. The highest BCUT2D eigenvalue weighted by atomic mass is 16.5. The Balaban J connectivity index is 1.98. The molecule has 0 saturated heterocycles. The molecular formula is C23H23NO. The number of hydrogen-bond donors (Lipinski definition) is 0. The molecule has 1 unspecified atom stereocenters. The molecule has 2 heteroatoms. The zero-order valence-electron chi connectivity index (χ0n) is 14.8. The molecular weight excluding hydrogens is 306 g/mol. The maximum absolute atomic E-state index is 6.28. The maximum atomic E-state index is 6.28. The molecule has 4 rings (SSSR count). The van der Waals surface area contributed by atoms with Crippen LogP contribution in [0.15, 0.2) is 72.8 Å². The van der Waals surface area contributed by atoms with Crippen molar-refractivity contribution >= 4 is 5.69 Å². The van der Waals surface area contributed by atoms with E-state index in [-0.39, 0.29) is 5.92 Å². The van der Waals surface area contributed by atoms with Gasteiger partial charge in [0.1, 0.15) is 11.5 Å². The van der Waals surface area contributed by atoms with Crippen LogP contribution < -0.4 is 9.64 Å². The minimum Gasteiger partial charge on any atom is -0.457 e. The molecule has 25 heavy (non-hydrogen) atoms. The molecule has 1 atom stereocenters. The number of ether oxygens (including phenoxy) is 1. The molecule has 126 valence electrons. The average molecular weight is 329 g/mol. The Morgan fingerprint density at radius 1 is 0.760 bits per heavy atom. The molecule has 0 bridgehead atoms. The number of nitrogens with zero attached hydrogens (tertiary/aromatic N) is 1. The number of para-hydroxylation sites is 1. The van der Waals surface area contributed by atoms with Gasteiger partial charge in [0.05, 0.1) is 0 Å². The molecule has 3 aromatic rings. The molecule has 0 amide bonds. The van der Waals surface area contributed by atoms with Gasteiger partial charge in [-0.2, -0.15) is 0 Å². The van der Waals surface area contributed by atoms with Crippen LogP contribution in [0.3, 0.4) is 0 Å². The van der Waals surface area contributed by atoms with Crippen LogP contribution in [0.1, 0.15) is 36.5 Å². The van der Waals surface area contributed by atoms with Crippen molar-refractivity contribution in [1.29, 1.82) is 0 Å². The lowest BCUT2D eigenvalue weighted by Crippen LogP contribution is -2.25. The van der Waals surface area contributed by atoms with Crippen molar-refractivity contribution in [2.24, 2.45) is 0 Å². The quantitative estimate of drug-likeness (QED) is 0.468. The molecule has 0 aliphatic carbocycles. The molecule has 3 aromatic carbocycles. The second-order valence-corrected chi connectivity index (χ2v) is 6.34. The lowest BCUT2D eigenvalue weighted by molar-refractivity contribution is 0.453. The van der Waals surface area contributed by atoms with Crippen LogP contribution in [-0.4, -0.2) is 13.1 Å². The van der Waals surface area contributed by atoms with E-state index in [9.17, 15) is 0 Å². The molecule has 0 N–H and O–H groups in total. The van der Waals surface area contributed by atoms with Gasteiger partial charge < -0.3 is 9.64 Å². The fraction of sp³-hybridized carbons (Fsp3) is 0.217. The fourth-order valence-electron chi connectivity index (χ4n) is 3.83. The van der Waals surface area contributed by atoms with Crippen LogP contribution in [0.5, 0.6) is 11.5 Å². The summed E-state index contributed by atoms with van der Waals surface area (Å²) < 4.78 is 6.28. The molecule has 1 aliphatic rings. The first-order valence-corrected chi connectivity index (χ1v) is 9.03. The normalized spacial score (nSPS) is 15.0. The minimum absolute atomic E-state index is 0.193. The molecule has 0 saturated carbocycles. The predicted octanol–water partition coefficient (Wildman–Crippen LogP) is 5.82. The summed E-state index contributed by atoms with van der Waals surface area (Å²) in [5, 5.41) is 0. The van der Waals surface area contributed by atoms with Gasteiger partial charge in [-0.3, -0.25) is 0 Å². The Morgan fingerprint density at radius 2 is 1.44 bits per heavy atom. The summed E-state index contributed by atoms with van der Waals surface area (Å²) in [4.78, 5) is 2.41. The Labute approximate surface area is 149 Å². The topological polar surface area (TPSA) is 12.5 Å². The molecule has 0 fully saturated rings. The van der Waals surface area contributed by atoms with E-state index in [0.29, 0.717) is 0 Å². The third-order valence-electron chi connectivity index (χ3n) is 5.02. The van der Waals surface area contributed by atoms with Crippen molar-refractivity contribution in [2.75, 3.05) is 18.0 Å². The summed E-state index contributed by atoms with van der Waals surface area (Å²) in [6.07, 6.45) is 0. The van der Waals surface area contributed by atoms with E-state index in [4.69, 9.17) is 4.74 Å². The van der Waals surface area contributed by atoms with Gasteiger partial charge in [0.2, 0.25) is 0 Å². The standard InChI is InChI=1S/C23H23NO/c1-3-24(4-2)19-14-10-16-21-23(19)22(17-11-6-5-7-12-17)18-13-8-9-15-20(18)25-21/h5-16,22H,3-4H2,1-2H3. The summed E-state index contributed by atoms with van der Waals surface area (Å²) in [5.74, 6) is 2.12. The van der Waals surface area contributed by atoms with Crippen LogP contribution >= 0.6 is 0 Å². The van der Waals surface area contributed by atoms with Crippen LogP contribution in [0, 0.1) is 0 Å². The lowest BCUT2D eigenvalue weighted by atomic mass is 9.81. The highest BCUT2D eigenvalue weighted by molar-refractivity contribution is 5.69. The van der Waals surface area contributed by atoms with Crippen molar-refractivity contribution in [2.45, 2.75) is 19.8 Å². The largest absolute Gasteiger partial charge is 0.457 e. The van der Waals surface area contributed by atoms with Gasteiger partial charge in [-0.25, -0.2) is 0 Å². The summed E-state index contributed by atoms with van der Waals surface area (Å²) >= 11 is 0. The van der Waals surface area contributed by atoms with E-state index in [1.54, 1.807) is 0 Å². The highest BCUT2D eigenvalue weighted by Gasteiger charge is 2.31. The van der Waals surface area contributed by atoms with Crippen molar-refractivity contribution in [3.8, 4) is 11.5 Å². The smallest absolute Gasteiger partial charge is 0.133 e. The van der Waals surface area contributed by atoms with Crippen LogP contribution in [0.25, 0.3) is 0 Å². The van der Waals surface area contributed by atoms with E-state index >= 15 is 0 Å². The van der Waals surface area contributed by atoms with E-state index in [2.05, 4.69) is 85.5 Å². The predicted molar refractivity (Wildman–Crippen MR) is 104 cm³/mol. The second kappa shape index (κ2) is 6.64. The first-order chi connectivity index (χ1) is 12.3. The SMILES string of the molecule is CCN(CC)c1cccc2c1C(c1ccccc1)c1ccccc1O2. The van der Waals surface area contributed by atoms with Crippen molar-refractivity contribution in [3.05, 3.63) is 89.5 Å². The highest BCUT2D eigenvalue weighted by Crippen LogP contribution is 2.50.